The summed E-state index contributed by atoms with van der Waals surface area (Å²) in [6, 6.07) is 0. The molecule has 1 rings (SSSR count). The topological polar surface area (TPSA) is 65.1 Å². The summed E-state index contributed by atoms with van der Waals surface area (Å²) >= 11 is 0. The number of likely N-dealkylation sites (tertiary alicyclic amines) is 1. The second-order valence-electron chi connectivity index (χ2n) is 7.05. The molecule has 0 aromatic carbocycles. The van der Waals surface area contributed by atoms with Crippen LogP contribution in [0.15, 0.2) is 0 Å². The van der Waals surface area contributed by atoms with E-state index in [0.29, 0.717) is 38.5 Å². The lowest BCUT2D eigenvalue weighted by Gasteiger charge is -2.33. The lowest BCUT2D eigenvalue weighted by Crippen LogP contribution is -2.43. The molecule has 1 heterocycles. The van der Waals surface area contributed by atoms with E-state index in [0.717, 1.165) is 0 Å². The molecule has 1 fully saturated rings. The standard InChI is InChI=1S/C16H29NO5/c1-12(2)10-21-14(18)11-20-13-6-8-17(9-7-13)15(19)22-16(3,4)5/h12-13H,6-11H2,1-5H3. The van der Waals surface area contributed by atoms with Crippen LogP contribution in [0.4, 0.5) is 4.79 Å². The average molecular weight is 315 g/mol. The molecule has 0 aromatic rings. The molecule has 0 radical (unpaired) electrons. The van der Waals surface area contributed by atoms with E-state index in [2.05, 4.69) is 0 Å². The van der Waals surface area contributed by atoms with Crippen molar-refractivity contribution < 1.29 is 23.8 Å². The maximum absolute atomic E-state index is 11.9. The van der Waals surface area contributed by atoms with Crippen molar-refractivity contribution in [1.82, 2.24) is 4.90 Å². The molecule has 1 amide bonds. The predicted molar refractivity (Wildman–Crippen MR) is 82.6 cm³/mol. The smallest absolute Gasteiger partial charge is 0.410 e. The molecule has 0 bridgehead atoms. The van der Waals surface area contributed by atoms with Crippen LogP contribution in [0.1, 0.15) is 47.5 Å². The van der Waals surface area contributed by atoms with E-state index in [1.807, 2.05) is 34.6 Å². The molecule has 0 saturated carbocycles. The number of ether oxygens (including phenoxy) is 3. The van der Waals surface area contributed by atoms with Gasteiger partial charge in [0.05, 0.1) is 12.7 Å². The molecule has 0 atom stereocenters. The zero-order chi connectivity index (χ0) is 16.8. The lowest BCUT2D eigenvalue weighted by molar-refractivity contribution is -0.153. The molecular formula is C16H29NO5. The maximum atomic E-state index is 11.9. The van der Waals surface area contributed by atoms with Gasteiger partial charge in [-0.1, -0.05) is 13.8 Å². The van der Waals surface area contributed by atoms with E-state index < -0.39 is 5.60 Å². The molecule has 1 aliphatic rings. The van der Waals surface area contributed by atoms with E-state index in [-0.39, 0.29) is 24.8 Å². The fourth-order valence-electron chi connectivity index (χ4n) is 2.02. The van der Waals surface area contributed by atoms with Gasteiger partial charge in [0.1, 0.15) is 12.2 Å². The van der Waals surface area contributed by atoms with Crippen LogP contribution in [0.25, 0.3) is 0 Å². The first-order valence-electron chi connectivity index (χ1n) is 7.92. The highest BCUT2D eigenvalue weighted by atomic mass is 16.6. The summed E-state index contributed by atoms with van der Waals surface area (Å²) < 4.78 is 15.9. The van der Waals surface area contributed by atoms with Gasteiger partial charge in [0.25, 0.3) is 0 Å². The van der Waals surface area contributed by atoms with E-state index in [9.17, 15) is 9.59 Å². The van der Waals surface area contributed by atoms with Gasteiger partial charge in [0, 0.05) is 13.1 Å². The third-order valence-electron chi connectivity index (χ3n) is 3.11. The largest absolute Gasteiger partial charge is 0.464 e. The molecule has 0 aromatic heterocycles. The van der Waals surface area contributed by atoms with Gasteiger partial charge in [-0.05, 0) is 39.5 Å². The van der Waals surface area contributed by atoms with Gasteiger partial charge in [0.15, 0.2) is 0 Å². The average Bonchev–Trinajstić information content (AvgIpc) is 2.41. The zero-order valence-corrected chi connectivity index (χ0v) is 14.4. The lowest BCUT2D eigenvalue weighted by atomic mass is 10.1. The van der Waals surface area contributed by atoms with Crippen LogP contribution in [-0.2, 0) is 19.0 Å². The summed E-state index contributed by atoms with van der Waals surface area (Å²) in [5.41, 5.74) is -0.482. The molecule has 6 heteroatoms. The highest BCUT2D eigenvalue weighted by Crippen LogP contribution is 2.17. The fraction of sp³-hybridized carbons (Fsp3) is 0.875. The summed E-state index contributed by atoms with van der Waals surface area (Å²) in [6.07, 6.45) is 1.11. The molecule has 1 saturated heterocycles. The minimum atomic E-state index is -0.482. The normalized spacial score (nSPS) is 16.7. The fourth-order valence-corrected chi connectivity index (χ4v) is 2.02. The molecule has 0 aliphatic carbocycles. The predicted octanol–water partition coefficient (Wildman–Crippen LogP) is 2.60. The maximum Gasteiger partial charge on any atom is 0.410 e. The molecule has 6 nitrogen and oxygen atoms in total. The number of hydrogen-bond donors (Lipinski definition) is 0. The van der Waals surface area contributed by atoms with Crippen LogP contribution in [-0.4, -0.2) is 55.0 Å². The van der Waals surface area contributed by atoms with Crippen LogP contribution in [0.3, 0.4) is 0 Å². The first-order chi connectivity index (χ1) is 10.2. The first-order valence-corrected chi connectivity index (χ1v) is 7.92. The van der Waals surface area contributed by atoms with Crippen molar-refractivity contribution in [2.75, 3.05) is 26.3 Å². The Balaban J connectivity index is 2.22. The second kappa shape index (κ2) is 8.36. The van der Waals surface area contributed by atoms with Crippen molar-refractivity contribution in [3.63, 3.8) is 0 Å². The highest BCUT2D eigenvalue weighted by molar-refractivity contribution is 5.70. The van der Waals surface area contributed by atoms with Gasteiger partial charge in [-0.2, -0.15) is 0 Å². The highest BCUT2D eigenvalue weighted by Gasteiger charge is 2.27. The van der Waals surface area contributed by atoms with Gasteiger partial charge in [0.2, 0.25) is 0 Å². The van der Waals surface area contributed by atoms with Crippen molar-refractivity contribution in [2.24, 2.45) is 5.92 Å². The van der Waals surface area contributed by atoms with Gasteiger partial charge in [-0.15, -0.1) is 0 Å². The van der Waals surface area contributed by atoms with Crippen molar-refractivity contribution in [3.8, 4) is 0 Å². The van der Waals surface area contributed by atoms with Crippen molar-refractivity contribution in [3.05, 3.63) is 0 Å². The third-order valence-corrected chi connectivity index (χ3v) is 3.11. The van der Waals surface area contributed by atoms with Gasteiger partial charge in [-0.25, -0.2) is 9.59 Å². The number of piperidine rings is 1. The van der Waals surface area contributed by atoms with Gasteiger partial charge in [-0.3, -0.25) is 0 Å². The van der Waals surface area contributed by atoms with Crippen LogP contribution >= 0.6 is 0 Å². The van der Waals surface area contributed by atoms with E-state index in [1.165, 1.54) is 0 Å². The van der Waals surface area contributed by atoms with Crippen LogP contribution in [0.2, 0.25) is 0 Å². The summed E-state index contributed by atoms with van der Waals surface area (Å²) in [6.45, 7) is 11.1. The minimum absolute atomic E-state index is 0.00899. The minimum Gasteiger partial charge on any atom is -0.464 e. The Labute approximate surface area is 133 Å². The van der Waals surface area contributed by atoms with Crippen molar-refractivity contribution >= 4 is 12.1 Å². The summed E-state index contributed by atoms with van der Waals surface area (Å²) in [7, 11) is 0. The molecular weight excluding hydrogens is 286 g/mol. The third kappa shape index (κ3) is 7.64. The summed E-state index contributed by atoms with van der Waals surface area (Å²) in [5, 5.41) is 0. The van der Waals surface area contributed by atoms with E-state index in [1.54, 1.807) is 4.90 Å². The molecule has 0 unspecified atom stereocenters. The molecule has 0 N–H and O–H groups in total. The number of hydrogen-bond acceptors (Lipinski definition) is 5. The molecule has 128 valence electrons. The number of carbonyl (C=O) groups is 2. The Kier molecular flexibility index (Phi) is 7.13. The Hall–Kier alpha value is -1.30. The van der Waals surface area contributed by atoms with Crippen LogP contribution in [0.5, 0.6) is 0 Å². The molecule has 22 heavy (non-hydrogen) atoms. The van der Waals surface area contributed by atoms with Crippen LogP contribution < -0.4 is 0 Å². The Morgan fingerprint density at radius 2 is 1.77 bits per heavy atom. The summed E-state index contributed by atoms with van der Waals surface area (Å²) in [5.74, 6) is -0.00992. The quantitative estimate of drug-likeness (QED) is 0.730. The van der Waals surface area contributed by atoms with Gasteiger partial charge < -0.3 is 19.1 Å². The Morgan fingerprint density at radius 3 is 2.27 bits per heavy atom. The zero-order valence-electron chi connectivity index (χ0n) is 14.4. The van der Waals surface area contributed by atoms with Gasteiger partial charge >= 0.3 is 12.1 Å². The summed E-state index contributed by atoms with van der Waals surface area (Å²) in [4.78, 5) is 25.1. The van der Waals surface area contributed by atoms with Crippen LogP contribution in [0, 0.1) is 5.92 Å². The number of rotatable bonds is 5. The van der Waals surface area contributed by atoms with Crippen molar-refractivity contribution in [2.45, 2.75) is 59.2 Å². The Bertz CT molecular complexity index is 367. The molecule has 0 spiro atoms. The van der Waals surface area contributed by atoms with Crippen molar-refractivity contribution in [1.29, 1.82) is 0 Å². The monoisotopic (exact) mass is 315 g/mol. The number of nitrogens with zero attached hydrogens (tertiary/aromatic N) is 1. The number of esters is 1. The first kappa shape index (κ1) is 18.7. The number of amides is 1. The number of carbonyl (C=O) groups excluding carboxylic acids is 2. The van der Waals surface area contributed by atoms with E-state index >= 15 is 0 Å². The molecule has 1 aliphatic heterocycles. The van der Waals surface area contributed by atoms with E-state index in [4.69, 9.17) is 14.2 Å². The SMILES string of the molecule is CC(C)COC(=O)COC1CCN(C(=O)OC(C)(C)C)CC1. The second-order valence-corrected chi connectivity index (χ2v) is 7.05. The Morgan fingerprint density at radius 1 is 1.18 bits per heavy atom.